The zero-order valence-corrected chi connectivity index (χ0v) is 17.1. The van der Waals surface area contributed by atoms with Gasteiger partial charge in [-0.1, -0.05) is 0 Å². The fourth-order valence-electron chi connectivity index (χ4n) is 3.84. The molecule has 2 aliphatic rings. The van der Waals surface area contributed by atoms with Gasteiger partial charge in [0.2, 0.25) is 11.8 Å². The number of ether oxygens (including phenoxy) is 1. The number of hydrogen-bond acceptors (Lipinski definition) is 9. The number of nitrogens with one attached hydrogen (secondary N) is 3. The molecular formula is C21H24N8O. The summed E-state index contributed by atoms with van der Waals surface area (Å²) in [5.74, 6) is 2.08. The number of anilines is 5. The summed E-state index contributed by atoms with van der Waals surface area (Å²) in [7, 11) is 1.84. The van der Waals surface area contributed by atoms with Gasteiger partial charge in [0.15, 0.2) is 0 Å². The zero-order chi connectivity index (χ0) is 20.5. The molecular weight excluding hydrogens is 380 g/mol. The minimum atomic E-state index is 0.574. The molecule has 0 aliphatic carbocycles. The second-order valence-corrected chi connectivity index (χ2v) is 7.37. The average molecular weight is 404 g/mol. The molecule has 0 aromatic carbocycles. The number of rotatable bonds is 4. The van der Waals surface area contributed by atoms with E-state index < -0.39 is 0 Å². The molecule has 0 amide bonds. The number of nitrogens with zero attached hydrogens (tertiary/aromatic N) is 5. The molecule has 9 nitrogen and oxygen atoms in total. The molecule has 3 N–H and O–H groups in total. The van der Waals surface area contributed by atoms with E-state index in [1.54, 1.807) is 6.20 Å². The van der Waals surface area contributed by atoms with Crippen molar-refractivity contribution in [2.24, 2.45) is 0 Å². The van der Waals surface area contributed by atoms with Gasteiger partial charge in [-0.15, -0.1) is 0 Å². The molecule has 0 spiro atoms. The molecule has 3 aromatic rings. The zero-order valence-electron chi connectivity index (χ0n) is 17.1. The monoisotopic (exact) mass is 404 g/mol. The van der Waals surface area contributed by atoms with Crippen LogP contribution in [-0.2, 0) is 13.0 Å². The molecule has 0 bridgehead atoms. The second kappa shape index (κ2) is 7.66. The molecule has 0 fully saturated rings. The first-order valence-corrected chi connectivity index (χ1v) is 10.1. The number of aromatic nitrogens is 4. The summed E-state index contributed by atoms with van der Waals surface area (Å²) >= 11 is 0. The lowest BCUT2D eigenvalue weighted by Crippen LogP contribution is -2.32. The summed E-state index contributed by atoms with van der Waals surface area (Å²) in [6.07, 6.45) is 6.49. The van der Waals surface area contributed by atoms with Gasteiger partial charge in [0.05, 0.1) is 36.0 Å². The minimum Gasteiger partial charge on any atom is -0.474 e. The van der Waals surface area contributed by atoms with Crippen molar-refractivity contribution in [2.75, 3.05) is 47.6 Å². The molecule has 9 heteroatoms. The van der Waals surface area contributed by atoms with E-state index in [0.29, 0.717) is 25.0 Å². The molecule has 5 heterocycles. The number of hydrogen-bond donors (Lipinski definition) is 3. The lowest BCUT2D eigenvalue weighted by molar-refractivity contribution is 0.310. The Bertz CT molecular complexity index is 1070. The van der Waals surface area contributed by atoms with Gasteiger partial charge in [-0.2, -0.15) is 0 Å². The fourth-order valence-corrected chi connectivity index (χ4v) is 3.84. The van der Waals surface area contributed by atoms with Crippen LogP contribution in [0.2, 0.25) is 0 Å². The normalized spacial score (nSPS) is 14.8. The number of fused-ring (bicyclic) bond motifs is 2. The van der Waals surface area contributed by atoms with E-state index in [-0.39, 0.29) is 0 Å². The van der Waals surface area contributed by atoms with Gasteiger partial charge in [-0.3, -0.25) is 0 Å². The van der Waals surface area contributed by atoms with Crippen molar-refractivity contribution in [2.45, 2.75) is 19.9 Å². The highest BCUT2D eigenvalue weighted by Gasteiger charge is 2.24. The van der Waals surface area contributed by atoms with Gasteiger partial charge >= 0.3 is 0 Å². The predicted molar refractivity (Wildman–Crippen MR) is 117 cm³/mol. The fraction of sp³-hybridized carbons (Fsp3) is 0.333. The van der Waals surface area contributed by atoms with Crippen molar-refractivity contribution in [1.29, 1.82) is 0 Å². The lowest BCUT2D eigenvalue weighted by atomic mass is 10.0. The molecule has 3 aromatic heterocycles. The van der Waals surface area contributed by atoms with Crippen molar-refractivity contribution in [3.8, 4) is 5.88 Å². The lowest BCUT2D eigenvalue weighted by Gasteiger charge is -2.32. The molecule has 2 aliphatic heterocycles. The van der Waals surface area contributed by atoms with E-state index in [1.165, 1.54) is 5.56 Å². The third kappa shape index (κ3) is 3.42. The van der Waals surface area contributed by atoms with Crippen LogP contribution in [0.4, 0.5) is 28.8 Å². The third-order valence-electron chi connectivity index (χ3n) is 5.48. The summed E-state index contributed by atoms with van der Waals surface area (Å²) in [4.78, 5) is 20.4. The van der Waals surface area contributed by atoms with E-state index in [4.69, 9.17) is 9.72 Å². The van der Waals surface area contributed by atoms with Gasteiger partial charge < -0.3 is 25.6 Å². The summed E-state index contributed by atoms with van der Waals surface area (Å²) in [6, 6.07) is 3.86. The first-order valence-electron chi connectivity index (χ1n) is 10.1. The van der Waals surface area contributed by atoms with E-state index in [1.807, 2.05) is 31.6 Å². The second-order valence-electron chi connectivity index (χ2n) is 7.37. The highest BCUT2D eigenvalue weighted by atomic mass is 16.5. The van der Waals surface area contributed by atoms with E-state index in [9.17, 15) is 0 Å². The van der Waals surface area contributed by atoms with Gasteiger partial charge in [-0.05, 0) is 31.0 Å². The van der Waals surface area contributed by atoms with Crippen LogP contribution in [0.15, 0.2) is 30.7 Å². The molecule has 0 atom stereocenters. The van der Waals surface area contributed by atoms with E-state index in [2.05, 4.69) is 42.7 Å². The van der Waals surface area contributed by atoms with Crippen molar-refractivity contribution >= 4 is 28.8 Å². The average Bonchev–Trinajstić information content (AvgIpc) is 2.79. The molecule has 30 heavy (non-hydrogen) atoms. The van der Waals surface area contributed by atoms with Crippen LogP contribution >= 0.6 is 0 Å². The highest BCUT2D eigenvalue weighted by molar-refractivity contribution is 5.70. The Balaban J connectivity index is 1.37. The van der Waals surface area contributed by atoms with Crippen molar-refractivity contribution in [1.82, 2.24) is 19.9 Å². The molecule has 0 unspecified atom stereocenters. The first kappa shape index (κ1) is 18.4. The maximum absolute atomic E-state index is 5.66. The van der Waals surface area contributed by atoms with Crippen molar-refractivity contribution in [3.63, 3.8) is 0 Å². The summed E-state index contributed by atoms with van der Waals surface area (Å²) in [5, 5.41) is 9.67. The minimum absolute atomic E-state index is 0.574. The molecule has 5 rings (SSSR count). The molecule has 0 saturated heterocycles. The Kier molecular flexibility index (Phi) is 4.70. The van der Waals surface area contributed by atoms with Gasteiger partial charge in [0.1, 0.15) is 18.1 Å². The van der Waals surface area contributed by atoms with Crippen LogP contribution in [0.1, 0.15) is 16.8 Å². The Labute approximate surface area is 174 Å². The maximum Gasteiger partial charge on any atom is 0.237 e. The van der Waals surface area contributed by atoms with Crippen LogP contribution < -0.4 is 25.6 Å². The predicted octanol–water partition coefficient (Wildman–Crippen LogP) is 2.73. The van der Waals surface area contributed by atoms with Crippen LogP contribution in [0.5, 0.6) is 5.88 Å². The van der Waals surface area contributed by atoms with Gasteiger partial charge in [0, 0.05) is 31.9 Å². The van der Waals surface area contributed by atoms with Crippen molar-refractivity contribution in [3.05, 3.63) is 47.5 Å². The van der Waals surface area contributed by atoms with Gasteiger partial charge in [-0.25, -0.2) is 19.9 Å². The van der Waals surface area contributed by atoms with Crippen LogP contribution in [0.3, 0.4) is 0 Å². The van der Waals surface area contributed by atoms with Crippen molar-refractivity contribution < 1.29 is 4.74 Å². The highest BCUT2D eigenvalue weighted by Crippen LogP contribution is 2.36. The first-order chi connectivity index (χ1) is 14.7. The Morgan fingerprint density at radius 2 is 2.07 bits per heavy atom. The third-order valence-corrected chi connectivity index (χ3v) is 5.48. The summed E-state index contributed by atoms with van der Waals surface area (Å²) in [5.41, 5.74) is 6.32. The Morgan fingerprint density at radius 3 is 2.90 bits per heavy atom. The van der Waals surface area contributed by atoms with Crippen LogP contribution in [0, 0.1) is 6.92 Å². The largest absolute Gasteiger partial charge is 0.474 e. The summed E-state index contributed by atoms with van der Waals surface area (Å²) < 4.78 is 5.66. The molecule has 154 valence electrons. The number of pyridine rings is 2. The quantitative estimate of drug-likeness (QED) is 0.606. The van der Waals surface area contributed by atoms with Gasteiger partial charge in [0.25, 0.3) is 0 Å². The molecule has 0 saturated carbocycles. The Morgan fingerprint density at radius 1 is 1.13 bits per heavy atom. The standard InChI is InChI=1S/C21H24N8O/c1-13-17(11-25-20-19(13)23-6-8-30-20)29-7-5-14-9-26-21(28-16(14)12-29)27-15-3-4-18(22-2)24-10-15/h3-4,9-11,23H,5-8,12H2,1-2H3,(H,22,24)(H,26,27,28). The summed E-state index contributed by atoms with van der Waals surface area (Å²) in [6.45, 7) is 5.18. The molecule has 0 radical (unpaired) electrons. The van der Waals surface area contributed by atoms with E-state index in [0.717, 1.165) is 53.6 Å². The van der Waals surface area contributed by atoms with Crippen LogP contribution in [0.25, 0.3) is 0 Å². The topological polar surface area (TPSA) is 100 Å². The van der Waals surface area contributed by atoms with E-state index >= 15 is 0 Å². The maximum atomic E-state index is 5.66. The van der Waals surface area contributed by atoms with Crippen LogP contribution in [-0.4, -0.2) is 46.7 Å². The SMILES string of the molecule is CNc1ccc(Nc2ncc3c(n2)CN(c2cnc4c(c2C)NCCO4)CC3)cn1. The Hall–Kier alpha value is -3.62. The smallest absolute Gasteiger partial charge is 0.237 e.